The lowest BCUT2D eigenvalue weighted by Gasteiger charge is -2.22. The molecule has 0 aliphatic rings. The molecule has 6 nitrogen and oxygen atoms in total. The molecule has 1 unspecified atom stereocenters. The van der Waals surface area contributed by atoms with Crippen molar-refractivity contribution in [2.45, 2.75) is 38.3 Å². The minimum atomic E-state index is -1.06. The van der Waals surface area contributed by atoms with Crippen LogP contribution in [-0.4, -0.2) is 40.3 Å². The van der Waals surface area contributed by atoms with Crippen LogP contribution in [-0.2, 0) is 9.59 Å². The van der Waals surface area contributed by atoms with E-state index in [-0.39, 0.29) is 12.8 Å². The van der Waals surface area contributed by atoms with Gasteiger partial charge in [0.05, 0.1) is 0 Å². The van der Waals surface area contributed by atoms with Crippen molar-refractivity contribution in [3.05, 3.63) is 0 Å². The summed E-state index contributed by atoms with van der Waals surface area (Å²) in [7, 11) is 0. The first kappa shape index (κ1) is 13.9. The molecule has 0 heterocycles. The zero-order valence-electron chi connectivity index (χ0n) is 8.99. The van der Waals surface area contributed by atoms with E-state index < -0.39 is 23.5 Å². The summed E-state index contributed by atoms with van der Waals surface area (Å²) < 4.78 is 0. The van der Waals surface area contributed by atoms with Gasteiger partial charge >= 0.3 is 11.9 Å². The molecule has 0 fully saturated rings. The Kier molecular flexibility index (Phi) is 5.24. The van der Waals surface area contributed by atoms with Crippen molar-refractivity contribution in [2.24, 2.45) is 5.73 Å². The normalized spacial score (nSPS) is 13.5. The third kappa shape index (κ3) is 7.90. The lowest BCUT2D eigenvalue weighted by Crippen LogP contribution is -2.49. The predicted molar refractivity (Wildman–Crippen MR) is 54.6 cm³/mol. The highest BCUT2D eigenvalue weighted by Gasteiger charge is 2.20. The molecule has 1 atom stereocenters. The molecule has 0 saturated carbocycles. The summed E-state index contributed by atoms with van der Waals surface area (Å²) in [4.78, 5) is 21.0. The number of nitrogens with one attached hydrogen (secondary N) is 1. The molecule has 0 rings (SSSR count). The van der Waals surface area contributed by atoms with E-state index in [1.165, 1.54) is 0 Å². The van der Waals surface area contributed by atoms with Crippen LogP contribution in [0.3, 0.4) is 0 Å². The Hall–Kier alpha value is -1.14. The van der Waals surface area contributed by atoms with E-state index in [9.17, 15) is 9.59 Å². The lowest BCUT2D eigenvalue weighted by molar-refractivity contribution is -0.140. The van der Waals surface area contributed by atoms with E-state index in [1.54, 1.807) is 13.8 Å². The molecule has 0 bridgehead atoms. The Labute approximate surface area is 88.5 Å². The second-order valence-corrected chi connectivity index (χ2v) is 4.19. The molecule has 5 N–H and O–H groups in total. The molecule has 15 heavy (non-hydrogen) atoms. The molecule has 0 aliphatic heterocycles. The topological polar surface area (TPSA) is 113 Å². The van der Waals surface area contributed by atoms with Gasteiger partial charge in [-0.05, 0) is 20.3 Å². The average Bonchev–Trinajstić information content (AvgIpc) is 2.00. The number of carboxylic acid groups (broad SMARTS) is 2. The first-order chi connectivity index (χ1) is 6.72. The van der Waals surface area contributed by atoms with Crippen LogP contribution in [0, 0.1) is 0 Å². The first-order valence-corrected chi connectivity index (χ1v) is 4.69. The third-order valence-electron chi connectivity index (χ3n) is 1.75. The van der Waals surface area contributed by atoms with Gasteiger partial charge in [0.1, 0.15) is 6.04 Å². The van der Waals surface area contributed by atoms with Crippen LogP contribution in [0.2, 0.25) is 0 Å². The van der Waals surface area contributed by atoms with Crippen LogP contribution in [0.1, 0.15) is 26.7 Å². The maximum Gasteiger partial charge on any atom is 0.320 e. The maximum absolute atomic E-state index is 10.7. The van der Waals surface area contributed by atoms with E-state index in [1.807, 2.05) is 0 Å². The molecule has 0 saturated heterocycles. The van der Waals surface area contributed by atoms with Crippen molar-refractivity contribution in [3.8, 4) is 0 Å². The summed E-state index contributed by atoms with van der Waals surface area (Å²) in [6, 6.07) is -0.857. The van der Waals surface area contributed by atoms with Crippen LogP contribution in [0.15, 0.2) is 0 Å². The number of hydrogen-bond acceptors (Lipinski definition) is 4. The van der Waals surface area contributed by atoms with E-state index in [0.29, 0.717) is 6.54 Å². The summed E-state index contributed by atoms with van der Waals surface area (Å²) in [5.41, 5.74) is 5.15. The molecule has 0 aromatic rings. The molecule has 6 heteroatoms. The van der Waals surface area contributed by atoms with E-state index in [0.717, 1.165) is 0 Å². The Morgan fingerprint density at radius 1 is 1.40 bits per heavy atom. The summed E-state index contributed by atoms with van der Waals surface area (Å²) >= 11 is 0. The summed E-state index contributed by atoms with van der Waals surface area (Å²) in [5, 5.41) is 19.9. The van der Waals surface area contributed by atoms with Crippen molar-refractivity contribution in [2.75, 3.05) is 6.54 Å². The molecular formula is C9H18N2O4. The van der Waals surface area contributed by atoms with Gasteiger partial charge < -0.3 is 21.3 Å². The number of carbonyl (C=O) groups is 2. The molecule has 0 radical (unpaired) electrons. The highest BCUT2D eigenvalue weighted by Crippen LogP contribution is 2.00. The van der Waals surface area contributed by atoms with E-state index in [4.69, 9.17) is 15.9 Å². The second-order valence-electron chi connectivity index (χ2n) is 4.19. The fourth-order valence-electron chi connectivity index (χ4n) is 0.967. The van der Waals surface area contributed by atoms with Gasteiger partial charge in [-0.1, -0.05) is 0 Å². The van der Waals surface area contributed by atoms with Crippen LogP contribution in [0.25, 0.3) is 0 Å². The lowest BCUT2D eigenvalue weighted by atomic mass is 10.1. The van der Waals surface area contributed by atoms with Crippen molar-refractivity contribution < 1.29 is 19.8 Å². The monoisotopic (exact) mass is 218 g/mol. The second kappa shape index (κ2) is 5.67. The number of rotatable bonds is 7. The number of hydrogen-bond donors (Lipinski definition) is 4. The molecule has 0 aromatic carbocycles. The quantitative estimate of drug-likeness (QED) is 0.464. The third-order valence-corrected chi connectivity index (χ3v) is 1.75. The average molecular weight is 218 g/mol. The number of carboxylic acids is 2. The molecule has 0 aliphatic carbocycles. The van der Waals surface area contributed by atoms with Crippen LogP contribution in [0.5, 0.6) is 0 Å². The highest BCUT2D eigenvalue weighted by atomic mass is 16.4. The van der Waals surface area contributed by atoms with Crippen molar-refractivity contribution in [3.63, 3.8) is 0 Å². The standard InChI is InChI=1S/C9H18N2O4/c1-9(2,10)5-11-6(8(14)15)3-4-7(12)13/h6,11H,3-5,10H2,1-2H3,(H,12,13)(H,14,15). The number of aliphatic carboxylic acids is 2. The molecule has 0 amide bonds. The summed E-state index contributed by atoms with van der Waals surface area (Å²) in [5.74, 6) is -2.06. The molecule has 0 spiro atoms. The van der Waals surface area contributed by atoms with Gasteiger partial charge in [0.15, 0.2) is 0 Å². The van der Waals surface area contributed by atoms with Gasteiger partial charge in [-0.15, -0.1) is 0 Å². The molecule has 88 valence electrons. The van der Waals surface area contributed by atoms with Gasteiger partial charge in [-0.3, -0.25) is 9.59 Å². The molecule has 0 aromatic heterocycles. The Morgan fingerprint density at radius 2 is 1.93 bits per heavy atom. The van der Waals surface area contributed by atoms with Crippen molar-refractivity contribution in [1.82, 2.24) is 5.32 Å². The van der Waals surface area contributed by atoms with E-state index >= 15 is 0 Å². The van der Waals surface area contributed by atoms with Crippen LogP contribution in [0.4, 0.5) is 0 Å². The Bertz CT molecular complexity index is 235. The van der Waals surface area contributed by atoms with Gasteiger partial charge in [0.25, 0.3) is 0 Å². The van der Waals surface area contributed by atoms with Gasteiger partial charge in [0, 0.05) is 18.5 Å². The zero-order chi connectivity index (χ0) is 12.1. The fourth-order valence-corrected chi connectivity index (χ4v) is 0.967. The van der Waals surface area contributed by atoms with Gasteiger partial charge in [-0.2, -0.15) is 0 Å². The Morgan fingerprint density at radius 3 is 2.27 bits per heavy atom. The largest absolute Gasteiger partial charge is 0.481 e. The summed E-state index contributed by atoms with van der Waals surface area (Å²) in [6.07, 6.45) is -0.115. The number of nitrogens with two attached hydrogens (primary N) is 1. The van der Waals surface area contributed by atoms with Gasteiger partial charge in [0.2, 0.25) is 0 Å². The summed E-state index contributed by atoms with van der Waals surface area (Å²) in [6.45, 7) is 3.84. The Balaban J connectivity index is 4.06. The van der Waals surface area contributed by atoms with Gasteiger partial charge in [-0.25, -0.2) is 0 Å². The fraction of sp³-hybridized carbons (Fsp3) is 0.778. The van der Waals surface area contributed by atoms with Crippen molar-refractivity contribution >= 4 is 11.9 Å². The highest BCUT2D eigenvalue weighted by molar-refractivity contribution is 5.75. The SMILES string of the molecule is CC(C)(N)CNC(CCC(=O)O)C(=O)O. The zero-order valence-corrected chi connectivity index (χ0v) is 8.99. The van der Waals surface area contributed by atoms with E-state index in [2.05, 4.69) is 5.32 Å². The molecular weight excluding hydrogens is 200 g/mol. The smallest absolute Gasteiger partial charge is 0.320 e. The maximum atomic E-state index is 10.7. The minimum absolute atomic E-state index is 0.0563. The van der Waals surface area contributed by atoms with Crippen LogP contribution >= 0.6 is 0 Å². The first-order valence-electron chi connectivity index (χ1n) is 4.69. The minimum Gasteiger partial charge on any atom is -0.481 e. The van der Waals surface area contributed by atoms with Crippen LogP contribution < -0.4 is 11.1 Å². The van der Waals surface area contributed by atoms with Crippen molar-refractivity contribution in [1.29, 1.82) is 0 Å². The predicted octanol–water partition coefficient (Wildman–Crippen LogP) is -0.369.